The standard InChI is InChI=1S/C14H13Cl2N3O/c1-7-2-11-13(12(20)3-7)14(19-18-11)17-10-5-8(15)4-9(16)6-10/h4-7H,2-3H2,1H3,(H2,17,18,19). The van der Waals surface area contributed by atoms with Gasteiger partial charge in [0.25, 0.3) is 0 Å². The number of hydrogen-bond donors (Lipinski definition) is 2. The summed E-state index contributed by atoms with van der Waals surface area (Å²) in [5, 5.41) is 11.3. The summed E-state index contributed by atoms with van der Waals surface area (Å²) in [7, 11) is 0. The van der Waals surface area contributed by atoms with Gasteiger partial charge in [-0.3, -0.25) is 9.89 Å². The highest BCUT2D eigenvalue weighted by atomic mass is 35.5. The predicted octanol–water partition coefficient (Wildman–Crippen LogP) is 4.23. The molecule has 1 unspecified atom stereocenters. The highest BCUT2D eigenvalue weighted by molar-refractivity contribution is 6.35. The molecule has 1 aromatic carbocycles. The lowest BCUT2D eigenvalue weighted by molar-refractivity contribution is 0.0954. The molecule has 0 spiro atoms. The molecule has 6 heteroatoms. The van der Waals surface area contributed by atoms with Gasteiger partial charge in [0, 0.05) is 27.8 Å². The number of benzene rings is 1. The Hall–Kier alpha value is -1.52. The van der Waals surface area contributed by atoms with Gasteiger partial charge in [-0.2, -0.15) is 5.10 Å². The molecule has 0 saturated heterocycles. The fraction of sp³-hybridized carbons (Fsp3) is 0.286. The van der Waals surface area contributed by atoms with E-state index < -0.39 is 0 Å². The first kappa shape index (κ1) is 13.5. The highest BCUT2D eigenvalue weighted by Crippen LogP contribution is 2.31. The van der Waals surface area contributed by atoms with Crippen molar-refractivity contribution in [3.05, 3.63) is 39.5 Å². The second-order valence-corrected chi connectivity index (χ2v) is 6.02. The maximum atomic E-state index is 12.1. The summed E-state index contributed by atoms with van der Waals surface area (Å²) in [6, 6.07) is 5.13. The molecule has 20 heavy (non-hydrogen) atoms. The number of nitrogens with zero attached hydrogens (tertiary/aromatic N) is 1. The molecule has 1 aliphatic rings. The Bertz CT molecular complexity index is 661. The van der Waals surface area contributed by atoms with Gasteiger partial charge in [0.15, 0.2) is 11.6 Å². The molecule has 0 saturated carbocycles. The zero-order valence-electron chi connectivity index (χ0n) is 10.8. The Kier molecular flexibility index (Phi) is 3.44. The van der Waals surface area contributed by atoms with E-state index >= 15 is 0 Å². The summed E-state index contributed by atoms with van der Waals surface area (Å²) in [5.74, 6) is 1.00. The van der Waals surface area contributed by atoms with E-state index in [1.165, 1.54) is 0 Å². The largest absolute Gasteiger partial charge is 0.338 e. The van der Waals surface area contributed by atoms with Gasteiger partial charge in [-0.05, 0) is 30.5 Å². The molecule has 2 aromatic rings. The molecule has 1 heterocycles. The fourth-order valence-electron chi connectivity index (χ4n) is 2.52. The smallest absolute Gasteiger partial charge is 0.168 e. The van der Waals surface area contributed by atoms with Crippen LogP contribution < -0.4 is 5.32 Å². The molecule has 4 nitrogen and oxygen atoms in total. The van der Waals surface area contributed by atoms with Crippen LogP contribution in [0.5, 0.6) is 0 Å². The van der Waals surface area contributed by atoms with Crippen molar-refractivity contribution in [3.8, 4) is 0 Å². The summed E-state index contributed by atoms with van der Waals surface area (Å²) in [6.07, 6.45) is 1.39. The van der Waals surface area contributed by atoms with Crippen molar-refractivity contribution in [2.75, 3.05) is 5.32 Å². The van der Waals surface area contributed by atoms with Gasteiger partial charge in [-0.1, -0.05) is 30.1 Å². The van der Waals surface area contributed by atoms with Crippen molar-refractivity contribution in [1.82, 2.24) is 10.2 Å². The number of halogens is 2. The minimum atomic E-state index is 0.114. The predicted molar refractivity (Wildman–Crippen MR) is 80.1 cm³/mol. The summed E-state index contributed by atoms with van der Waals surface area (Å²) in [4.78, 5) is 12.1. The van der Waals surface area contributed by atoms with E-state index in [1.807, 2.05) is 0 Å². The molecule has 3 rings (SSSR count). The molecular weight excluding hydrogens is 297 g/mol. The first-order chi connectivity index (χ1) is 9.52. The Balaban J connectivity index is 1.94. The lowest BCUT2D eigenvalue weighted by atomic mass is 9.88. The van der Waals surface area contributed by atoms with Gasteiger partial charge in [0.1, 0.15) is 0 Å². The van der Waals surface area contributed by atoms with Crippen molar-refractivity contribution < 1.29 is 4.79 Å². The zero-order chi connectivity index (χ0) is 14.3. The van der Waals surface area contributed by atoms with Crippen LogP contribution in [0.2, 0.25) is 10.0 Å². The number of hydrogen-bond acceptors (Lipinski definition) is 3. The van der Waals surface area contributed by atoms with Crippen LogP contribution in [-0.4, -0.2) is 16.0 Å². The number of H-pyrrole nitrogens is 1. The third kappa shape index (κ3) is 2.53. The van der Waals surface area contributed by atoms with Crippen LogP contribution in [0.3, 0.4) is 0 Å². The van der Waals surface area contributed by atoms with Crippen LogP contribution in [0, 0.1) is 5.92 Å². The SMILES string of the molecule is CC1CC(=O)c2c(Nc3cc(Cl)cc(Cl)c3)n[nH]c2C1. The quantitative estimate of drug-likeness (QED) is 0.873. The lowest BCUT2D eigenvalue weighted by Crippen LogP contribution is -2.17. The number of rotatable bonds is 2. The minimum absolute atomic E-state index is 0.114. The number of aromatic amines is 1. The molecule has 1 atom stereocenters. The van der Waals surface area contributed by atoms with E-state index in [2.05, 4.69) is 22.4 Å². The number of ketones is 1. The van der Waals surface area contributed by atoms with Gasteiger partial charge in [-0.25, -0.2) is 0 Å². The number of Topliss-reactive ketones (excluding diaryl/α,β-unsaturated/α-hetero) is 1. The van der Waals surface area contributed by atoms with Crippen LogP contribution in [0.25, 0.3) is 0 Å². The van der Waals surface area contributed by atoms with Gasteiger partial charge in [0.2, 0.25) is 0 Å². The van der Waals surface area contributed by atoms with E-state index in [0.29, 0.717) is 39.5 Å². The molecule has 0 aliphatic heterocycles. The molecule has 1 aromatic heterocycles. The van der Waals surface area contributed by atoms with Gasteiger partial charge in [0.05, 0.1) is 5.56 Å². The molecule has 0 fully saturated rings. The topological polar surface area (TPSA) is 57.8 Å². The van der Waals surface area contributed by atoms with Crippen LogP contribution in [0.1, 0.15) is 29.4 Å². The van der Waals surface area contributed by atoms with Crippen LogP contribution in [0.15, 0.2) is 18.2 Å². The summed E-state index contributed by atoms with van der Waals surface area (Å²) in [5.41, 5.74) is 2.26. The van der Waals surface area contributed by atoms with Crippen LogP contribution >= 0.6 is 23.2 Å². The average molecular weight is 310 g/mol. The van der Waals surface area contributed by atoms with E-state index in [4.69, 9.17) is 23.2 Å². The Morgan fingerprint density at radius 3 is 2.65 bits per heavy atom. The lowest BCUT2D eigenvalue weighted by Gasteiger charge is -2.17. The minimum Gasteiger partial charge on any atom is -0.338 e. The highest BCUT2D eigenvalue weighted by Gasteiger charge is 2.27. The Morgan fingerprint density at radius 2 is 1.95 bits per heavy atom. The maximum absolute atomic E-state index is 12.1. The van der Waals surface area contributed by atoms with Crippen molar-refractivity contribution in [1.29, 1.82) is 0 Å². The van der Waals surface area contributed by atoms with Crippen molar-refractivity contribution in [2.45, 2.75) is 19.8 Å². The number of anilines is 2. The number of carbonyl (C=O) groups is 1. The van der Waals surface area contributed by atoms with E-state index in [0.717, 1.165) is 12.1 Å². The number of nitrogens with one attached hydrogen (secondary N) is 2. The molecule has 2 N–H and O–H groups in total. The second kappa shape index (κ2) is 5.11. The third-order valence-corrected chi connectivity index (χ3v) is 3.77. The fourth-order valence-corrected chi connectivity index (χ4v) is 3.04. The van der Waals surface area contributed by atoms with Crippen molar-refractivity contribution in [2.24, 2.45) is 5.92 Å². The number of carbonyl (C=O) groups excluding carboxylic acids is 1. The van der Waals surface area contributed by atoms with E-state index in [1.54, 1.807) is 18.2 Å². The van der Waals surface area contributed by atoms with E-state index in [9.17, 15) is 4.79 Å². The van der Waals surface area contributed by atoms with Crippen molar-refractivity contribution >= 4 is 40.5 Å². The van der Waals surface area contributed by atoms with E-state index in [-0.39, 0.29) is 5.78 Å². The zero-order valence-corrected chi connectivity index (χ0v) is 12.3. The summed E-state index contributed by atoms with van der Waals surface area (Å²) >= 11 is 11.9. The second-order valence-electron chi connectivity index (χ2n) is 5.15. The monoisotopic (exact) mass is 309 g/mol. The number of fused-ring (bicyclic) bond motifs is 1. The number of aromatic nitrogens is 2. The molecule has 0 radical (unpaired) electrons. The van der Waals surface area contributed by atoms with Gasteiger partial charge < -0.3 is 5.32 Å². The van der Waals surface area contributed by atoms with Gasteiger partial charge in [-0.15, -0.1) is 0 Å². The van der Waals surface area contributed by atoms with Crippen molar-refractivity contribution in [3.63, 3.8) is 0 Å². The molecule has 0 bridgehead atoms. The average Bonchev–Trinajstić information content (AvgIpc) is 2.70. The molecule has 1 aliphatic carbocycles. The first-order valence-electron chi connectivity index (χ1n) is 6.36. The molecule has 0 amide bonds. The van der Waals surface area contributed by atoms with Crippen LogP contribution in [0.4, 0.5) is 11.5 Å². The Labute approximate surface area is 126 Å². The molecule has 104 valence electrons. The third-order valence-electron chi connectivity index (χ3n) is 3.33. The molecular formula is C14H13Cl2N3O. The normalized spacial score (nSPS) is 17.9. The summed E-state index contributed by atoms with van der Waals surface area (Å²) < 4.78 is 0. The Morgan fingerprint density at radius 1 is 1.25 bits per heavy atom. The van der Waals surface area contributed by atoms with Gasteiger partial charge >= 0.3 is 0 Å². The maximum Gasteiger partial charge on any atom is 0.168 e. The first-order valence-corrected chi connectivity index (χ1v) is 7.12. The summed E-state index contributed by atoms with van der Waals surface area (Å²) in [6.45, 7) is 2.06. The van der Waals surface area contributed by atoms with Crippen LogP contribution in [-0.2, 0) is 6.42 Å².